The molecule has 0 spiro atoms. The lowest BCUT2D eigenvalue weighted by Gasteiger charge is -2.25. The van der Waals surface area contributed by atoms with E-state index in [0.717, 1.165) is 26.1 Å². The Bertz CT molecular complexity index is 658. The summed E-state index contributed by atoms with van der Waals surface area (Å²) in [6, 6.07) is 5.47. The van der Waals surface area contributed by atoms with Gasteiger partial charge in [0, 0.05) is 39.3 Å². The van der Waals surface area contributed by atoms with E-state index >= 15 is 0 Å². The SMILES string of the molecule is Cc1nnc(C(C)N2CCCN(C(=O)c3ccccn3)CC2)o1. The van der Waals surface area contributed by atoms with Gasteiger partial charge in [0.25, 0.3) is 5.91 Å². The molecule has 0 bridgehead atoms. The third-order valence-corrected chi connectivity index (χ3v) is 4.15. The molecule has 3 heterocycles. The first-order valence-corrected chi connectivity index (χ1v) is 7.89. The highest BCUT2D eigenvalue weighted by Crippen LogP contribution is 2.20. The molecule has 1 saturated heterocycles. The summed E-state index contributed by atoms with van der Waals surface area (Å²) in [4.78, 5) is 20.8. The third kappa shape index (κ3) is 3.56. The Labute approximate surface area is 135 Å². The molecule has 3 rings (SSSR count). The first kappa shape index (κ1) is 15.6. The zero-order chi connectivity index (χ0) is 16.2. The molecule has 0 saturated carbocycles. The first-order chi connectivity index (χ1) is 11.1. The Kier molecular flexibility index (Phi) is 4.66. The van der Waals surface area contributed by atoms with Crippen molar-refractivity contribution in [3.63, 3.8) is 0 Å². The van der Waals surface area contributed by atoms with Gasteiger partial charge < -0.3 is 9.32 Å². The molecule has 1 aliphatic heterocycles. The minimum absolute atomic E-state index is 0.00580. The van der Waals surface area contributed by atoms with Crippen LogP contribution in [0.25, 0.3) is 0 Å². The minimum Gasteiger partial charge on any atom is -0.424 e. The van der Waals surface area contributed by atoms with Crippen molar-refractivity contribution >= 4 is 5.91 Å². The van der Waals surface area contributed by atoms with E-state index in [9.17, 15) is 4.79 Å². The van der Waals surface area contributed by atoms with Gasteiger partial charge in [-0.1, -0.05) is 6.07 Å². The lowest BCUT2D eigenvalue weighted by atomic mass is 10.2. The molecular formula is C16H21N5O2. The van der Waals surface area contributed by atoms with Gasteiger partial charge in [-0.25, -0.2) is 0 Å². The van der Waals surface area contributed by atoms with Crippen LogP contribution in [0.15, 0.2) is 28.8 Å². The maximum atomic E-state index is 12.5. The molecule has 0 radical (unpaired) electrons. The molecule has 23 heavy (non-hydrogen) atoms. The predicted molar refractivity (Wildman–Crippen MR) is 83.8 cm³/mol. The van der Waals surface area contributed by atoms with Crippen LogP contribution in [0.5, 0.6) is 0 Å². The zero-order valence-electron chi connectivity index (χ0n) is 13.5. The maximum Gasteiger partial charge on any atom is 0.272 e. The second-order valence-electron chi connectivity index (χ2n) is 5.73. The van der Waals surface area contributed by atoms with Crippen LogP contribution in [0.3, 0.4) is 0 Å². The molecule has 1 aliphatic rings. The minimum atomic E-state index is -0.00580. The molecule has 0 aromatic carbocycles. The van der Waals surface area contributed by atoms with E-state index in [1.54, 1.807) is 19.2 Å². The van der Waals surface area contributed by atoms with Crippen molar-refractivity contribution in [3.8, 4) is 0 Å². The smallest absolute Gasteiger partial charge is 0.272 e. The third-order valence-electron chi connectivity index (χ3n) is 4.15. The van der Waals surface area contributed by atoms with Gasteiger partial charge in [-0.2, -0.15) is 0 Å². The van der Waals surface area contributed by atoms with Crippen LogP contribution in [0.2, 0.25) is 0 Å². The Morgan fingerprint density at radius 1 is 1.22 bits per heavy atom. The van der Waals surface area contributed by atoms with Crippen LogP contribution in [0.4, 0.5) is 0 Å². The van der Waals surface area contributed by atoms with Gasteiger partial charge in [-0.05, 0) is 25.5 Å². The van der Waals surface area contributed by atoms with Crippen LogP contribution >= 0.6 is 0 Å². The predicted octanol–water partition coefficient (Wildman–Crippen LogP) is 1.68. The highest BCUT2D eigenvalue weighted by molar-refractivity contribution is 5.92. The number of aryl methyl sites for hydroxylation is 1. The average molecular weight is 315 g/mol. The number of hydrogen-bond donors (Lipinski definition) is 0. The van der Waals surface area contributed by atoms with E-state index in [1.807, 2.05) is 17.0 Å². The molecule has 7 nitrogen and oxygen atoms in total. The number of carbonyl (C=O) groups excluding carboxylic acids is 1. The highest BCUT2D eigenvalue weighted by atomic mass is 16.4. The zero-order valence-corrected chi connectivity index (χ0v) is 13.5. The second kappa shape index (κ2) is 6.87. The number of amides is 1. The fraction of sp³-hybridized carbons (Fsp3) is 0.500. The summed E-state index contributed by atoms with van der Waals surface area (Å²) in [5, 5.41) is 8.00. The van der Waals surface area contributed by atoms with Gasteiger partial charge in [-0.3, -0.25) is 14.7 Å². The summed E-state index contributed by atoms with van der Waals surface area (Å²) in [5.74, 6) is 1.20. The molecule has 1 atom stereocenters. The van der Waals surface area contributed by atoms with E-state index in [4.69, 9.17) is 4.42 Å². The molecular weight excluding hydrogens is 294 g/mol. The first-order valence-electron chi connectivity index (χ1n) is 7.89. The Morgan fingerprint density at radius 3 is 2.78 bits per heavy atom. The molecule has 1 unspecified atom stereocenters. The van der Waals surface area contributed by atoms with Crippen LogP contribution in [0, 0.1) is 6.92 Å². The fourth-order valence-electron chi connectivity index (χ4n) is 2.82. The topological polar surface area (TPSA) is 75.4 Å². The summed E-state index contributed by atoms with van der Waals surface area (Å²) in [7, 11) is 0. The summed E-state index contributed by atoms with van der Waals surface area (Å²) in [6.07, 6.45) is 2.56. The van der Waals surface area contributed by atoms with Crippen molar-refractivity contribution in [1.29, 1.82) is 0 Å². The van der Waals surface area contributed by atoms with Gasteiger partial charge in [0.1, 0.15) is 5.69 Å². The number of rotatable bonds is 3. The number of carbonyl (C=O) groups is 1. The van der Waals surface area contributed by atoms with Crippen LogP contribution in [0.1, 0.15) is 41.7 Å². The van der Waals surface area contributed by atoms with E-state index in [2.05, 4.69) is 27.0 Å². The van der Waals surface area contributed by atoms with Gasteiger partial charge in [0.05, 0.1) is 6.04 Å². The molecule has 2 aromatic rings. The van der Waals surface area contributed by atoms with Gasteiger partial charge in [0.2, 0.25) is 11.8 Å². The lowest BCUT2D eigenvalue weighted by molar-refractivity contribution is 0.0751. The molecule has 0 aliphatic carbocycles. The molecule has 122 valence electrons. The molecule has 1 fully saturated rings. The van der Waals surface area contributed by atoms with E-state index < -0.39 is 0 Å². The molecule has 7 heteroatoms. The largest absolute Gasteiger partial charge is 0.424 e. The van der Waals surface area contributed by atoms with Gasteiger partial charge >= 0.3 is 0 Å². The Balaban J connectivity index is 1.64. The Morgan fingerprint density at radius 2 is 2.09 bits per heavy atom. The summed E-state index contributed by atoms with van der Waals surface area (Å²) < 4.78 is 5.53. The summed E-state index contributed by atoms with van der Waals surface area (Å²) in [6.45, 7) is 6.94. The van der Waals surface area contributed by atoms with Gasteiger partial charge in [-0.15, -0.1) is 10.2 Å². The van der Waals surface area contributed by atoms with Crippen molar-refractivity contribution in [2.45, 2.75) is 26.3 Å². The quantitative estimate of drug-likeness (QED) is 0.858. The van der Waals surface area contributed by atoms with E-state index in [-0.39, 0.29) is 11.9 Å². The fourth-order valence-corrected chi connectivity index (χ4v) is 2.82. The molecule has 0 N–H and O–H groups in total. The van der Waals surface area contributed by atoms with E-state index in [1.165, 1.54) is 0 Å². The van der Waals surface area contributed by atoms with E-state index in [0.29, 0.717) is 24.0 Å². The summed E-state index contributed by atoms with van der Waals surface area (Å²) >= 11 is 0. The number of pyridine rings is 1. The standard InChI is InChI=1S/C16H21N5O2/c1-12(15-19-18-13(2)23-15)20-8-5-9-21(11-10-20)16(22)14-6-3-4-7-17-14/h3-4,6-7,12H,5,8-11H2,1-2H3. The van der Waals surface area contributed by atoms with Crippen molar-refractivity contribution in [3.05, 3.63) is 41.9 Å². The average Bonchev–Trinajstić information content (AvgIpc) is 2.87. The summed E-state index contributed by atoms with van der Waals surface area (Å²) in [5.41, 5.74) is 0.501. The van der Waals surface area contributed by atoms with Crippen LogP contribution in [-0.2, 0) is 0 Å². The van der Waals surface area contributed by atoms with Crippen LogP contribution in [-0.4, -0.2) is 57.1 Å². The highest BCUT2D eigenvalue weighted by Gasteiger charge is 2.26. The monoisotopic (exact) mass is 315 g/mol. The van der Waals surface area contributed by atoms with Crippen LogP contribution < -0.4 is 0 Å². The van der Waals surface area contributed by atoms with Crippen molar-refractivity contribution in [2.24, 2.45) is 0 Å². The Hall–Kier alpha value is -2.28. The second-order valence-corrected chi connectivity index (χ2v) is 5.73. The molecule has 2 aromatic heterocycles. The normalized spacial score (nSPS) is 17.7. The number of nitrogens with zero attached hydrogens (tertiary/aromatic N) is 5. The number of aromatic nitrogens is 3. The van der Waals surface area contributed by atoms with Crippen molar-refractivity contribution in [1.82, 2.24) is 25.0 Å². The molecule has 1 amide bonds. The van der Waals surface area contributed by atoms with Crippen molar-refractivity contribution in [2.75, 3.05) is 26.2 Å². The number of hydrogen-bond acceptors (Lipinski definition) is 6. The van der Waals surface area contributed by atoms with Gasteiger partial charge in [0.15, 0.2) is 0 Å². The lowest BCUT2D eigenvalue weighted by Crippen LogP contribution is -2.36. The van der Waals surface area contributed by atoms with Crippen molar-refractivity contribution < 1.29 is 9.21 Å². The maximum absolute atomic E-state index is 12.5.